The van der Waals surface area contributed by atoms with Gasteiger partial charge in [-0.05, 0) is 26.8 Å². The zero-order valence-electron chi connectivity index (χ0n) is 11.2. The standard InChI is InChI=1S/C14H21FN2O/c1-10(12-5-4-11(15)8-13(12)18)17-7-6-16-9-14(17,2)3/h4-5,8,10,16,18H,6-7,9H2,1-3H3. The number of benzene rings is 1. The van der Waals surface area contributed by atoms with Gasteiger partial charge in [0.2, 0.25) is 0 Å². The van der Waals surface area contributed by atoms with Crippen molar-refractivity contribution in [3.8, 4) is 5.75 Å². The third-order valence-electron chi connectivity index (χ3n) is 3.77. The number of piperazine rings is 1. The molecule has 1 aliphatic rings. The fourth-order valence-corrected chi connectivity index (χ4v) is 2.75. The maximum atomic E-state index is 13.0. The Hall–Kier alpha value is -1.13. The number of hydrogen-bond donors (Lipinski definition) is 2. The van der Waals surface area contributed by atoms with Crippen LogP contribution in [0.25, 0.3) is 0 Å². The molecule has 18 heavy (non-hydrogen) atoms. The lowest BCUT2D eigenvalue weighted by Gasteiger charge is -2.46. The van der Waals surface area contributed by atoms with Gasteiger partial charge in [0.25, 0.3) is 0 Å². The molecule has 100 valence electrons. The summed E-state index contributed by atoms with van der Waals surface area (Å²) < 4.78 is 13.0. The highest BCUT2D eigenvalue weighted by atomic mass is 19.1. The minimum atomic E-state index is -0.400. The van der Waals surface area contributed by atoms with Gasteiger partial charge in [0, 0.05) is 42.8 Å². The van der Waals surface area contributed by atoms with Gasteiger partial charge in [0.1, 0.15) is 11.6 Å². The summed E-state index contributed by atoms with van der Waals surface area (Å²) in [4.78, 5) is 2.34. The van der Waals surface area contributed by atoms with E-state index < -0.39 is 5.82 Å². The largest absolute Gasteiger partial charge is 0.508 e. The predicted molar refractivity (Wildman–Crippen MR) is 70.1 cm³/mol. The zero-order valence-corrected chi connectivity index (χ0v) is 11.2. The van der Waals surface area contributed by atoms with Gasteiger partial charge in [-0.2, -0.15) is 0 Å². The van der Waals surface area contributed by atoms with Gasteiger partial charge in [-0.1, -0.05) is 6.07 Å². The Labute approximate surface area is 108 Å². The Kier molecular flexibility index (Phi) is 3.59. The van der Waals surface area contributed by atoms with E-state index in [1.165, 1.54) is 12.1 Å². The molecule has 1 aromatic carbocycles. The second kappa shape index (κ2) is 4.86. The Balaban J connectivity index is 2.27. The number of phenolic OH excluding ortho intramolecular Hbond substituents is 1. The lowest BCUT2D eigenvalue weighted by Crippen LogP contribution is -2.58. The number of nitrogens with one attached hydrogen (secondary N) is 1. The Morgan fingerprint density at radius 3 is 2.78 bits per heavy atom. The number of nitrogens with zero attached hydrogens (tertiary/aromatic N) is 1. The molecule has 1 atom stereocenters. The molecule has 1 aromatic rings. The smallest absolute Gasteiger partial charge is 0.126 e. The first-order valence-electron chi connectivity index (χ1n) is 6.38. The van der Waals surface area contributed by atoms with Crippen molar-refractivity contribution in [3.63, 3.8) is 0 Å². The monoisotopic (exact) mass is 252 g/mol. The molecule has 0 amide bonds. The van der Waals surface area contributed by atoms with Crippen molar-refractivity contribution in [2.75, 3.05) is 19.6 Å². The van der Waals surface area contributed by atoms with E-state index in [-0.39, 0.29) is 17.3 Å². The quantitative estimate of drug-likeness (QED) is 0.847. The number of aromatic hydroxyl groups is 1. The van der Waals surface area contributed by atoms with E-state index in [0.717, 1.165) is 25.2 Å². The Bertz CT molecular complexity index is 434. The number of phenols is 1. The molecule has 0 spiro atoms. The lowest BCUT2D eigenvalue weighted by atomic mass is 9.94. The van der Waals surface area contributed by atoms with E-state index in [1.54, 1.807) is 6.07 Å². The second-order valence-corrected chi connectivity index (χ2v) is 5.56. The minimum absolute atomic E-state index is 0.0263. The van der Waals surface area contributed by atoms with Crippen LogP contribution in [0.5, 0.6) is 5.75 Å². The van der Waals surface area contributed by atoms with Crippen LogP contribution in [0, 0.1) is 5.82 Å². The summed E-state index contributed by atoms with van der Waals surface area (Å²) in [5.74, 6) is -0.361. The third-order valence-corrected chi connectivity index (χ3v) is 3.77. The summed E-state index contributed by atoms with van der Waals surface area (Å²) in [6, 6.07) is 4.33. The summed E-state index contributed by atoms with van der Waals surface area (Å²) in [5, 5.41) is 13.3. The van der Waals surface area contributed by atoms with Crippen molar-refractivity contribution in [1.82, 2.24) is 10.2 Å². The number of rotatable bonds is 2. The zero-order chi connectivity index (χ0) is 13.3. The fourth-order valence-electron chi connectivity index (χ4n) is 2.75. The van der Waals surface area contributed by atoms with E-state index in [9.17, 15) is 9.50 Å². The van der Waals surface area contributed by atoms with Crippen LogP contribution >= 0.6 is 0 Å². The molecule has 2 N–H and O–H groups in total. The van der Waals surface area contributed by atoms with Gasteiger partial charge in [-0.25, -0.2) is 4.39 Å². The highest BCUT2D eigenvalue weighted by Gasteiger charge is 2.34. The van der Waals surface area contributed by atoms with Gasteiger partial charge < -0.3 is 10.4 Å². The highest BCUT2D eigenvalue weighted by Crippen LogP contribution is 2.33. The van der Waals surface area contributed by atoms with Crippen molar-refractivity contribution >= 4 is 0 Å². The molecule has 1 heterocycles. The average Bonchev–Trinajstić information content (AvgIpc) is 2.27. The lowest BCUT2D eigenvalue weighted by molar-refractivity contribution is 0.0507. The number of hydrogen-bond acceptors (Lipinski definition) is 3. The van der Waals surface area contributed by atoms with Crippen LogP contribution in [-0.4, -0.2) is 35.2 Å². The highest BCUT2D eigenvalue weighted by molar-refractivity contribution is 5.35. The third kappa shape index (κ3) is 2.49. The van der Waals surface area contributed by atoms with Crippen LogP contribution in [0.2, 0.25) is 0 Å². The van der Waals surface area contributed by atoms with Crippen LogP contribution in [0.1, 0.15) is 32.4 Å². The Morgan fingerprint density at radius 2 is 2.17 bits per heavy atom. The normalized spacial score (nSPS) is 21.8. The van der Waals surface area contributed by atoms with Crippen LogP contribution in [-0.2, 0) is 0 Å². The van der Waals surface area contributed by atoms with Crippen LogP contribution in [0.3, 0.4) is 0 Å². The SMILES string of the molecule is CC(c1ccc(F)cc1O)N1CCNCC1(C)C. The average molecular weight is 252 g/mol. The first-order chi connectivity index (χ1) is 8.42. The summed E-state index contributed by atoms with van der Waals surface area (Å²) in [6.45, 7) is 9.19. The van der Waals surface area contributed by atoms with Crippen molar-refractivity contribution in [3.05, 3.63) is 29.6 Å². The topological polar surface area (TPSA) is 35.5 Å². The molecular formula is C14H21FN2O. The minimum Gasteiger partial charge on any atom is -0.508 e. The maximum absolute atomic E-state index is 13.0. The van der Waals surface area contributed by atoms with E-state index in [2.05, 4.69) is 31.0 Å². The van der Waals surface area contributed by atoms with Gasteiger partial charge in [0.15, 0.2) is 0 Å². The molecule has 0 saturated carbocycles. The Morgan fingerprint density at radius 1 is 1.44 bits per heavy atom. The molecule has 1 fully saturated rings. The molecule has 0 bridgehead atoms. The maximum Gasteiger partial charge on any atom is 0.126 e. The fraction of sp³-hybridized carbons (Fsp3) is 0.571. The summed E-state index contributed by atoms with van der Waals surface area (Å²) in [5.41, 5.74) is 0.810. The molecule has 1 saturated heterocycles. The van der Waals surface area contributed by atoms with E-state index in [0.29, 0.717) is 0 Å². The summed E-state index contributed by atoms with van der Waals surface area (Å²) >= 11 is 0. The molecule has 0 aliphatic carbocycles. The van der Waals surface area contributed by atoms with Crippen LogP contribution in [0.4, 0.5) is 4.39 Å². The van der Waals surface area contributed by atoms with Crippen molar-refractivity contribution < 1.29 is 9.50 Å². The summed E-state index contributed by atoms with van der Waals surface area (Å²) in [6.07, 6.45) is 0. The molecular weight excluding hydrogens is 231 g/mol. The molecule has 0 radical (unpaired) electrons. The van der Waals surface area contributed by atoms with Gasteiger partial charge >= 0.3 is 0 Å². The van der Waals surface area contributed by atoms with Crippen LogP contribution < -0.4 is 5.32 Å². The first-order valence-corrected chi connectivity index (χ1v) is 6.38. The molecule has 4 heteroatoms. The van der Waals surface area contributed by atoms with E-state index in [1.807, 2.05) is 0 Å². The van der Waals surface area contributed by atoms with Crippen molar-refractivity contribution in [2.45, 2.75) is 32.4 Å². The summed E-state index contributed by atoms with van der Waals surface area (Å²) in [7, 11) is 0. The first kappa shape index (κ1) is 13.3. The van der Waals surface area contributed by atoms with Gasteiger partial charge in [0.05, 0.1) is 0 Å². The molecule has 2 rings (SSSR count). The molecule has 1 aliphatic heterocycles. The van der Waals surface area contributed by atoms with Crippen molar-refractivity contribution in [1.29, 1.82) is 0 Å². The van der Waals surface area contributed by atoms with Crippen LogP contribution in [0.15, 0.2) is 18.2 Å². The molecule has 1 unspecified atom stereocenters. The van der Waals surface area contributed by atoms with Gasteiger partial charge in [-0.3, -0.25) is 4.90 Å². The predicted octanol–water partition coefficient (Wildman–Crippen LogP) is 2.28. The second-order valence-electron chi connectivity index (χ2n) is 5.56. The van der Waals surface area contributed by atoms with Crippen molar-refractivity contribution in [2.24, 2.45) is 0 Å². The molecule has 0 aromatic heterocycles. The van der Waals surface area contributed by atoms with E-state index in [4.69, 9.17) is 0 Å². The molecule has 3 nitrogen and oxygen atoms in total. The van der Waals surface area contributed by atoms with E-state index >= 15 is 0 Å². The number of halogens is 1. The van der Waals surface area contributed by atoms with Gasteiger partial charge in [-0.15, -0.1) is 0 Å².